The number of benzene rings is 1. The van der Waals surface area contributed by atoms with E-state index in [2.05, 4.69) is 10.0 Å². The summed E-state index contributed by atoms with van der Waals surface area (Å²) in [5.41, 5.74) is 10.0. The number of hydrogen-bond donors (Lipinski definition) is 0. The first-order valence-corrected chi connectivity index (χ1v) is 4.93. The van der Waals surface area contributed by atoms with Gasteiger partial charge in [-0.25, -0.2) is 4.39 Å². The van der Waals surface area contributed by atoms with Crippen molar-refractivity contribution in [1.82, 2.24) is 0 Å². The van der Waals surface area contributed by atoms with Gasteiger partial charge in [-0.1, -0.05) is 23.3 Å². The van der Waals surface area contributed by atoms with E-state index in [9.17, 15) is 4.39 Å². The predicted octanol–water partition coefficient (Wildman–Crippen LogP) is 3.57. The lowest BCUT2D eigenvalue weighted by Crippen LogP contribution is -2.04. The van der Waals surface area contributed by atoms with Gasteiger partial charge in [-0.3, -0.25) is 0 Å². The zero-order valence-electron chi connectivity index (χ0n) is 8.56. The highest BCUT2D eigenvalue weighted by molar-refractivity contribution is 5.68. The molecule has 2 rings (SSSR count). The van der Waals surface area contributed by atoms with Crippen molar-refractivity contribution in [2.75, 3.05) is 13.2 Å². The molecule has 0 radical (unpaired) electrons. The van der Waals surface area contributed by atoms with Gasteiger partial charge in [-0.05, 0) is 23.6 Å². The van der Waals surface area contributed by atoms with Crippen LogP contribution in [-0.4, -0.2) is 13.2 Å². The minimum atomic E-state index is -0.363. The van der Waals surface area contributed by atoms with E-state index in [1.807, 2.05) is 6.08 Å². The van der Waals surface area contributed by atoms with Crippen molar-refractivity contribution in [1.29, 1.82) is 0 Å². The summed E-state index contributed by atoms with van der Waals surface area (Å²) in [5.74, 6) is -0.363. The van der Waals surface area contributed by atoms with Crippen molar-refractivity contribution in [3.8, 4) is 0 Å². The maximum absolute atomic E-state index is 13.7. The Balaban J connectivity index is 2.35. The molecule has 0 bridgehead atoms. The highest BCUT2D eigenvalue weighted by atomic mass is 19.1. The van der Waals surface area contributed by atoms with Crippen LogP contribution >= 0.6 is 0 Å². The SMILES string of the molecule is [N-]=[N+]=Nc1ccc(C2=CCOCC2)c(F)c1. The van der Waals surface area contributed by atoms with Gasteiger partial charge in [0, 0.05) is 16.2 Å². The standard InChI is InChI=1S/C11H10FN3O/c12-11-7-9(14-15-13)1-2-10(11)8-3-5-16-6-4-8/h1-3,7H,4-6H2. The summed E-state index contributed by atoms with van der Waals surface area (Å²) >= 11 is 0. The van der Waals surface area contributed by atoms with E-state index in [0.29, 0.717) is 25.2 Å². The van der Waals surface area contributed by atoms with Gasteiger partial charge in [0.05, 0.1) is 13.2 Å². The summed E-state index contributed by atoms with van der Waals surface area (Å²) in [6.07, 6.45) is 2.58. The maximum Gasteiger partial charge on any atom is 0.131 e. The summed E-state index contributed by atoms with van der Waals surface area (Å²) in [4.78, 5) is 2.61. The number of hydrogen-bond acceptors (Lipinski definition) is 2. The summed E-state index contributed by atoms with van der Waals surface area (Å²) < 4.78 is 18.9. The summed E-state index contributed by atoms with van der Waals surface area (Å²) in [7, 11) is 0. The third kappa shape index (κ3) is 2.21. The van der Waals surface area contributed by atoms with Crippen LogP contribution in [0.3, 0.4) is 0 Å². The van der Waals surface area contributed by atoms with E-state index in [4.69, 9.17) is 10.3 Å². The molecule has 1 aliphatic rings. The summed E-state index contributed by atoms with van der Waals surface area (Å²) in [5, 5.41) is 3.35. The largest absolute Gasteiger partial charge is 0.377 e. The highest BCUT2D eigenvalue weighted by Crippen LogP contribution is 2.26. The minimum Gasteiger partial charge on any atom is -0.377 e. The Morgan fingerprint density at radius 3 is 2.94 bits per heavy atom. The van der Waals surface area contributed by atoms with E-state index < -0.39 is 0 Å². The fraction of sp³-hybridized carbons (Fsp3) is 0.273. The molecule has 0 spiro atoms. The van der Waals surface area contributed by atoms with Gasteiger partial charge in [-0.2, -0.15) is 0 Å². The van der Waals surface area contributed by atoms with Crippen LogP contribution in [0.15, 0.2) is 29.4 Å². The molecule has 0 saturated carbocycles. The Kier molecular flexibility index (Phi) is 3.19. The normalized spacial score (nSPS) is 15.2. The van der Waals surface area contributed by atoms with E-state index in [1.165, 1.54) is 6.07 Å². The maximum atomic E-state index is 13.7. The zero-order chi connectivity index (χ0) is 11.4. The monoisotopic (exact) mass is 219 g/mol. The first-order chi connectivity index (χ1) is 7.81. The number of nitrogens with zero attached hydrogens (tertiary/aromatic N) is 3. The Bertz CT molecular complexity index is 478. The number of azide groups is 1. The Labute approximate surface area is 92.0 Å². The lowest BCUT2D eigenvalue weighted by Gasteiger charge is -2.14. The van der Waals surface area contributed by atoms with Crippen molar-refractivity contribution in [3.63, 3.8) is 0 Å². The molecular weight excluding hydrogens is 209 g/mol. The lowest BCUT2D eigenvalue weighted by atomic mass is 10.0. The second kappa shape index (κ2) is 4.79. The molecule has 1 aromatic rings. The Hall–Kier alpha value is -1.84. The number of ether oxygens (including phenoxy) is 1. The summed E-state index contributed by atoms with van der Waals surface area (Å²) in [6, 6.07) is 4.48. The van der Waals surface area contributed by atoms with Crippen LogP contribution in [0.5, 0.6) is 0 Å². The van der Waals surface area contributed by atoms with Crippen LogP contribution in [0, 0.1) is 5.82 Å². The van der Waals surface area contributed by atoms with Crippen LogP contribution in [-0.2, 0) is 4.74 Å². The molecule has 82 valence electrons. The molecule has 0 saturated heterocycles. The van der Waals surface area contributed by atoms with Gasteiger partial charge in [0.1, 0.15) is 5.82 Å². The zero-order valence-corrected chi connectivity index (χ0v) is 8.56. The smallest absolute Gasteiger partial charge is 0.131 e. The molecule has 0 aliphatic carbocycles. The first-order valence-electron chi connectivity index (χ1n) is 4.93. The van der Waals surface area contributed by atoms with E-state index in [-0.39, 0.29) is 11.5 Å². The fourth-order valence-corrected chi connectivity index (χ4v) is 1.65. The molecule has 5 heteroatoms. The van der Waals surface area contributed by atoms with Crippen LogP contribution in [0.1, 0.15) is 12.0 Å². The van der Waals surface area contributed by atoms with Crippen LogP contribution in [0.2, 0.25) is 0 Å². The molecule has 16 heavy (non-hydrogen) atoms. The fourth-order valence-electron chi connectivity index (χ4n) is 1.65. The molecule has 0 aromatic heterocycles. The average molecular weight is 219 g/mol. The molecule has 0 fully saturated rings. The molecule has 0 N–H and O–H groups in total. The van der Waals surface area contributed by atoms with E-state index in [1.54, 1.807) is 12.1 Å². The van der Waals surface area contributed by atoms with Crippen molar-refractivity contribution < 1.29 is 9.13 Å². The average Bonchev–Trinajstić information content (AvgIpc) is 2.31. The van der Waals surface area contributed by atoms with Crippen molar-refractivity contribution >= 4 is 11.3 Å². The van der Waals surface area contributed by atoms with Crippen molar-refractivity contribution in [3.05, 3.63) is 46.1 Å². The second-order valence-electron chi connectivity index (χ2n) is 3.41. The molecule has 0 amide bonds. The number of rotatable bonds is 2. The van der Waals surface area contributed by atoms with Gasteiger partial charge in [0.2, 0.25) is 0 Å². The van der Waals surface area contributed by atoms with Gasteiger partial charge < -0.3 is 4.74 Å². The molecule has 1 aromatic carbocycles. The minimum absolute atomic E-state index is 0.288. The predicted molar refractivity (Wildman–Crippen MR) is 58.6 cm³/mol. The highest BCUT2D eigenvalue weighted by Gasteiger charge is 2.10. The number of halogens is 1. The molecule has 1 heterocycles. The van der Waals surface area contributed by atoms with Gasteiger partial charge >= 0.3 is 0 Å². The third-order valence-corrected chi connectivity index (χ3v) is 2.42. The van der Waals surface area contributed by atoms with Gasteiger partial charge in [0.25, 0.3) is 0 Å². The van der Waals surface area contributed by atoms with E-state index >= 15 is 0 Å². The molecule has 4 nitrogen and oxygen atoms in total. The Morgan fingerprint density at radius 1 is 1.44 bits per heavy atom. The molecule has 0 unspecified atom stereocenters. The Morgan fingerprint density at radius 2 is 2.31 bits per heavy atom. The third-order valence-electron chi connectivity index (χ3n) is 2.42. The first kappa shape index (κ1) is 10.7. The lowest BCUT2D eigenvalue weighted by molar-refractivity contribution is 0.161. The van der Waals surface area contributed by atoms with Gasteiger partial charge in [0.15, 0.2) is 0 Å². The second-order valence-corrected chi connectivity index (χ2v) is 3.41. The topological polar surface area (TPSA) is 58.0 Å². The van der Waals surface area contributed by atoms with Crippen LogP contribution in [0.25, 0.3) is 16.0 Å². The van der Waals surface area contributed by atoms with E-state index in [0.717, 1.165) is 5.57 Å². The molecular formula is C11H10FN3O. The van der Waals surface area contributed by atoms with Crippen molar-refractivity contribution in [2.45, 2.75) is 6.42 Å². The van der Waals surface area contributed by atoms with Crippen molar-refractivity contribution in [2.24, 2.45) is 5.11 Å². The summed E-state index contributed by atoms with van der Waals surface area (Å²) in [6.45, 7) is 1.14. The van der Waals surface area contributed by atoms with Crippen LogP contribution < -0.4 is 0 Å². The van der Waals surface area contributed by atoms with Gasteiger partial charge in [-0.15, -0.1) is 0 Å². The van der Waals surface area contributed by atoms with Crippen LogP contribution in [0.4, 0.5) is 10.1 Å². The molecule has 1 aliphatic heterocycles. The molecule has 0 atom stereocenters. The quantitative estimate of drug-likeness (QED) is 0.426.